The molecule has 1 amide bonds. The van der Waals surface area contributed by atoms with Crippen LogP contribution >= 0.6 is 11.3 Å². The lowest BCUT2D eigenvalue weighted by atomic mass is 10.1. The first kappa shape index (κ1) is 20.2. The molecule has 2 atom stereocenters. The molecule has 2 N–H and O–H groups in total. The van der Waals surface area contributed by atoms with Crippen LogP contribution in [0, 0.1) is 0 Å². The van der Waals surface area contributed by atoms with Gasteiger partial charge in [0.15, 0.2) is 5.82 Å². The summed E-state index contributed by atoms with van der Waals surface area (Å²) in [6.45, 7) is 1.72. The van der Waals surface area contributed by atoms with Crippen LogP contribution in [0.3, 0.4) is 0 Å². The number of amides is 1. The zero-order chi connectivity index (χ0) is 20.9. The number of rotatable bonds is 7. The van der Waals surface area contributed by atoms with Crippen molar-refractivity contribution in [2.75, 3.05) is 42.7 Å². The Morgan fingerprint density at radius 2 is 1.93 bits per heavy atom. The minimum absolute atomic E-state index is 0.136. The summed E-state index contributed by atoms with van der Waals surface area (Å²) < 4.78 is 0. The van der Waals surface area contributed by atoms with E-state index in [2.05, 4.69) is 35.9 Å². The van der Waals surface area contributed by atoms with Gasteiger partial charge in [-0.05, 0) is 38.2 Å². The first-order valence-electron chi connectivity index (χ1n) is 9.75. The molecule has 30 heavy (non-hydrogen) atoms. The van der Waals surface area contributed by atoms with E-state index in [1.807, 2.05) is 61.5 Å². The molecule has 1 saturated heterocycles. The Bertz CT molecular complexity index is 965. The van der Waals surface area contributed by atoms with E-state index in [1.54, 1.807) is 6.20 Å². The van der Waals surface area contributed by atoms with Crippen molar-refractivity contribution in [3.8, 4) is 0 Å². The molecule has 1 unspecified atom stereocenters. The maximum atomic E-state index is 12.9. The Morgan fingerprint density at radius 1 is 1.13 bits per heavy atom. The maximum Gasteiger partial charge on any atom is 0.248 e. The molecule has 1 aliphatic heterocycles. The maximum absolute atomic E-state index is 12.9. The van der Waals surface area contributed by atoms with Gasteiger partial charge in [0.2, 0.25) is 16.2 Å². The van der Waals surface area contributed by atoms with Gasteiger partial charge < -0.3 is 10.2 Å². The van der Waals surface area contributed by atoms with Crippen LogP contribution in [-0.2, 0) is 4.79 Å². The number of anilines is 3. The van der Waals surface area contributed by atoms with Crippen LogP contribution < -0.4 is 15.5 Å². The van der Waals surface area contributed by atoms with Gasteiger partial charge in [0, 0.05) is 25.3 Å². The molecule has 0 bridgehead atoms. The topological polar surface area (TPSA) is 99.2 Å². The third-order valence-corrected chi connectivity index (χ3v) is 5.70. The van der Waals surface area contributed by atoms with Gasteiger partial charge in [-0.3, -0.25) is 15.0 Å². The number of carbonyl (C=O) groups is 1. The fraction of sp³-hybridized carbons (Fsp3) is 0.350. The van der Waals surface area contributed by atoms with Crippen LogP contribution in [0.1, 0.15) is 18.0 Å². The highest BCUT2D eigenvalue weighted by Gasteiger charge is 2.26. The van der Waals surface area contributed by atoms with Gasteiger partial charge in [-0.1, -0.05) is 41.7 Å². The molecule has 0 saturated carbocycles. The smallest absolute Gasteiger partial charge is 0.248 e. The van der Waals surface area contributed by atoms with Crippen LogP contribution in [0.2, 0.25) is 0 Å². The Morgan fingerprint density at radius 3 is 2.67 bits per heavy atom. The zero-order valence-corrected chi connectivity index (χ0v) is 17.7. The molecule has 1 aromatic carbocycles. The molecule has 0 spiro atoms. The largest absolute Gasteiger partial charge is 0.355 e. The molecule has 0 radical (unpaired) electrons. The summed E-state index contributed by atoms with van der Waals surface area (Å²) in [5, 5.41) is 23.9. The highest BCUT2D eigenvalue weighted by Crippen LogP contribution is 2.26. The van der Waals surface area contributed by atoms with Gasteiger partial charge in [0.25, 0.3) is 0 Å². The quantitative estimate of drug-likeness (QED) is 0.596. The Labute approximate surface area is 179 Å². The van der Waals surface area contributed by atoms with Crippen molar-refractivity contribution >= 4 is 33.3 Å². The summed E-state index contributed by atoms with van der Waals surface area (Å²) in [5.41, 5.74) is 0.929. The van der Waals surface area contributed by atoms with Crippen molar-refractivity contribution < 1.29 is 4.79 Å². The number of nitrogens with zero attached hydrogens (tertiary/aromatic N) is 6. The standard InChI is InChI=1S/C20H24N8OS/c1-27(2)17(14-7-4-3-5-8-14)18(29)23-20-26-25-19(30-20)22-15-10-12-28(13-15)16-9-6-11-21-24-16/h3-9,11,15,17H,10,12-13H2,1-2H3,(H,22,25)(H,23,26,29)/t15-,17?/m1/s1. The molecule has 9 nitrogen and oxygen atoms in total. The first-order valence-corrected chi connectivity index (χ1v) is 10.6. The van der Waals surface area contributed by atoms with Crippen molar-refractivity contribution in [3.05, 3.63) is 54.2 Å². The van der Waals surface area contributed by atoms with Crippen LogP contribution in [0.4, 0.5) is 16.1 Å². The molecule has 3 heterocycles. The SMILES string of the molecule is CN(C)C(C(=O)Nc1nnc(N[C@@H]2CCN(c3cccnn3)C2)s1)c1ccccc1. The normalized spacial score (nSPS) is 17.2. The summed E-state index contributed by atoms with van der Waals surface area (Å²) in [4.78, 5) is 16.9. The van der Waals surface area contributed by atoms with E-state index in [0.717, 1.165) is 30.9 Å². The van der Waals surface area contributed by atoms with E-state index in [9.17, 15) is 4.79 Å². The molecule has 1 aliphatic rings. The van der Waals surface area contributed by atoms with E-state index in [4.69, 9.17) is 0 Å². The summed E-state index contributed by atoms with van der Waals surface area (Å²) in [6.07, 6.45) is 2.64. The van der Waals surface area contributed by atoms with Crippen LogP contribution in [0.15, 0.2) is 48.7 Å². The van der Waals surface area contributed by atoms with E-state index in [1.165, 1.54) is 11.3 Å². The monoisotopic (exact) mass is 424 g/mol. The summed E-state index contributed by atoms with van der Waals surface area (Å²) >= 11 is 1.34. The third kappa shape index (κ3) is 4.71. The van der Waals surface area contributed by atoms with Crippen LogP contribution in [-0.4, -0.2) is 64.4 Å². The van der Waals surface area contributed by atoms with Crippen LogP contribution in [0.5, 0.6) is 0 Å². The lowest BCUT2D eigenvalue weighted by Gasteiger charge is -2.23. The molecule has 156 valence electrons. The number of nitrogens with one attached hydrogen (secondary N) is 2. The molecule has 0 aliphatic carbocycles. The molecule has 4 rings (SSSR count). The fourth-order valence-electron chi connectivity index (χ4n) is 3.55. The number of likely N-dealkylation sites (N-methyl/N-ethyl adjacent to an activating group) is 1. The van der Waals surface area contributed by atoms with Crippen molar-refractivity contribution in [1.29, 1.82) is 0 Å². The third-order valence-electron chi connectivity index (χ3n) is 4.93. The van der Waals surface area contributed by atoms with Gasteiger partial charge in [-0.2, -0.15) is 5.10 Å². The molecular formula is C20H24N8OS. The van der Waals surface area contributed by atoms with Gasteiger partial charge in [-0.15, -0.1) is 15.3 Å². The summed E-state index contributed by atoms with van der Waals surface area (Å²) in [7, 11) is 3.76. The number of carbonyl (C=O) groups excluding carboxylic acids is 1. The predicted molar refractivity (Wildman–Crippen MR) is 118 cm³/mol. The predicted octanol–water partition coefficient (Wildman–Crippen LogP) is 2.26. The molecular weight excluding hydrogens is 400 g/mol. The molecule has 10 heteroatoms. The van der Waals surface area contributed by atoms with E-state index in [0.29, 0.717) is 10.3 Å². The Hall–Kier alpha value is -3.11. The van der Waals surface area contributed by atoms with Crippen LogP contribution in [0.25, 0.3) is 0 Å². The second-order valence-electron chi connectivity index (χ2n) is 7.34. The molecule has 2 aromatic heterocycles. The number of aromatic nitrogens is 4. The van der Waals surface area contributed by atoms with Gasteiger partial charge in [0.1, 0.15) is 6.04 Å². The average molecular weight is 425 g/mol. The van der Waals surface area contributed by atoms with Crippen molar-refractivity contribution in [1.82, 2.24) is 25.3 Å². The van der Waals surface area contributed by atoms with Crippen molar-refractivity contribution in [3.63, 3.8) is 0 Å². The Balaban J connectivity index is 1.36. The lowest BCUT2D eigenvalue weighted by Crippen LogP contribution is -2.32. The number of benzene rings is 1. The first-order chi connectivity index (χ1) is 14.6. The second kappa shape index (κ2) is 9.14. The molecule has 3 aromatic rings. The van der Waals surface area contributed by atoms with E-state index in [-0.39, 0.29) is 11.9 Å². The van der Waals surface area contributed by atoms with Gasteiger partial charge in [-0.25, -0.2) is 0 Å². The Kier molecular flexibility index (Phi) is 6.15. The van der Waals surface area contributed by atoms with E-state index < -0.39 is 6.04 Å². The summed E-state index contributed by atoms with van der Waals surface area (Å²) in [5.74, 6) is 0.742. The highest BCUT2D eigenvalue weighted by atomic mass is 32.1. The number of hydrogen-bond donors (Lipinski definition) is 2. The fourth-order valence-corrected chi connectivity index (χ4v) is 4.27. The second-order valence-corrected chi connectivity index (χ2v) is 8.31. The van der Waals surface area contributed by atoms with E-state index >= 15 is 0 Å². The van der Waals surface area contributed by atoms with Gasteiger partial charge in [0.05, 0.1) is 0 Å². The highest BCUT2D eigenvalue weighted by molar-refractivity contribution is 7.19. The average Bonchev–Trinajstić information content (AvgIpc) is 3.39. The summed E-state index contributed by atoms with van der Waals surface area (Å²) in [6, 6.07) is 13.4. The zero-order valence-electron chi connectivity index (χ0n) is 16.9. The minimum Gasteiger partial charge on any atom is -0.355 e. The molecule has 1 fully saturated rings. The number of hydrogen-bond acceptors (Lipinski definition) is 9. The minimum atomic E-state index is -0.401. The van der Waals surface area contributed by atoms with Crippen molar-refractivity contribution in [2.24, 2.45) is 0 Å². The lowest BCUT2D eigenvalue weighted by molar-refractivity contribution is -0.120. The van der Waals surface area contributed by atoms with Crippen molar-refractivity contribution in [2.45, 2.75) is 18.5 Å². The van der Waals surface area contributed by atoms with Gasteiger partial charge >= 0.3 is 0 Å².